The van der Waals surface area contributed by atoms with Crippen molar-refractivity contribution in [3.63, 3.8) is 0 Å². The molecule has 0 aliphatic carbocycles. The third-order valence-corrected chi connectivity index (χ3v) is 3.13. The van der Waals surface area contributed by atoms with Crippen molar-refractivity contribution >= 4 is 17.3 Å². The summed E-state index contributed by atoms with van der Waals surface area (Å²) in [6.07, 6.45) is 0. The Balaban J connectivity index is 2.58. The fourth-order valence-electron chi connectivity index (χ4n) is 2.01. The maximum atomic E-state index is 12.1. The number of amides is 1. The Morgan fingerprint density at radius 2 is 2.14 bits per heavy atom. The van der Waals surface area contributed by atoms with Gasteiger partial charge >= 0.3 is 0 Å². The summed E-state index contributed by atoms with van der Waals surface area (Å²) in [4.78, 5) is 14.2. The normalized spacial score (nSPS) is 12.4. The Morgan fingerprint density at radius 3 is 2.76 bits per heavy atom. The minimum Gasteiger partial charge on any atom is -0.399 e. The monoisotopic (exact) mass is 295 g/mol. The fraction of sp³-hybridized carbons (Fsp3) is 0.533. The van der Waals surface area contributed by atoms with E-state index in [0.29, 0.717) is 31.1 Å². The second-order valence-corrected chi connectivity index (χ2v) is 4.94. The van der Waals surface area contributed by atoms with E-state index in [1.165, 1.54) is 0 Å². The van der Waals surface area contributed by atoms with Gasteiger partial charge < -0.3 is 20.5 Å². The quantitative estimate of drug-likeness (QED) is 0.669. The molecule has 0 saturated heterocycles. The topological polar surface area (TPSA) is 76.8 Å². The van der Waals surface area contributed by atoms with Crippen LogP contribution in [0, 0.1) is 0 Å². The lowest BCUT2D eigenvalue weighted by molar-refractivity contribution is -0.118. The van der Waals surface area contributed by atoms with Crippen molar-refractivity contribution in [2.75, 3.05) is 51.6 Å². The van der Waals surface area contributed by atoms with Crippen LogP contribution in [0.3, 0.4) is 0 Å². The van der Waals surface area contributed by atoms with Crippen LogP contribution in [0.1, 0.15) is 6.92 Å². The van der Waals surface area contributed by atoms with E-state index in [0.717, 1.165) is 0 Å². The molecule has 1 unspecified atom stereocenters. The molecule has 0 saturated carbocycles. The number of carbonyl (C=O) groups is 1. The predicted molar refractivity (Wildman–Crippen MR) is 84.3 cm³/mol. The van der Waals surface area contributed by atoms with E-state index in [2.05, 4.69) is 5.32 Å². The van der Waals surface area contributed by atoms with E-state index in [-0.39, 0.29) is 18.5 Å². The molecule has 0 aliphatic heterocycles. The van der Waals surface area contributed by atoms with Crippen LogP contribution in [0.5, 0.6) is 0 Å². The van der Waals surface area contributed by atoms with Gasteiger partial charge in [-0.2, -0.15) is 0 Å². The number of methoxy groups -OCH3 is 2. The zero-order chi connectivity index (χ0) is 15.7. The second kappa shape index (κ2) is 9.33. The summed E-state index contributed by atoms with van der Waals surface area (Å²) >= 11 is 0. The summed E-state index contributed by atoms with van der Waals surface area (Å²) in [5.74, 6) is -0.0837. The molecule has 0 bridgehead atoms. The van der Waals surface area contributed by atoms with Crippen molar-refractivity contribution in [1.82, 2.24) is 4.90 Å². The fourth-order valence-corrected chi connectivity index (χ4v) is 2.01. The highest BCUT2D eigenvalue weighted by Crippen LogP contribution is 2.12. The first-order valence-corrected chi connectivity index (χ1v) is 6.94. The average Bonchev–Trinajstić information content (AvgIpc) is 2.43. The predicted octanol–water partition coefficient (Wildman–Crippen LogP) is 1.19. The maximum Gasteiger partial charge on any atom is 0.238 e. The number of hydrogen-bond acceptors (Lipinski definition) is 5. The van der Waals surface area contributed by atoms with Gasteiger partial charge in [0.05, 0.1) is 19.8 Å². The highest BCUT2D eigenvalue weighted by Gasteiger charge is 2.17. The molecule has 1 aromatic rings. The van der Waals surface area contributed by atoms with Gasteiger partial charge in [-0.1, -0.05) is 6.07 Å². The number of hydrogen-bond donors (Lipinski definition) is 2. The molecule has 0 radical (unpaired) electrons. The summed E-state index contributed by atoms with van der Waals surface area (Å²) in [5, 5.41) is 2.84. The molecule has 0 aromatic heterocycles. The smallest absolute Gasteiger partial charge is 0.238 e. The molecule has 0 spiro atoms. The third kappa shape index (κ3) is 6.57. The van der Waals surface area contributed by atoms with Gasteiger partial charge in [0, 0.05) is 38.2 Å². The lowest BCUT2D eigenvalue weighted by atomic mass is 10.2. The molecule has 1 rings (SSSR count). The van der Waals surface area contributed by atoms with Crippen molar-refractivity contribution in [3.8, 4) is 0 Å². The third-order valence-electron chi connectivity index (χ3n) is 3.13. The van der Waals surface area contributed by atoms with Gasteiger partial charge in [0.25, 0.3) is 0 Å². The van der Waals surface area contributed by atoms with Crippen LogP contribution in [0.4, 0.5) is 11.4 Å². The van der Waals surface area contributed by atoms with Crippen molar-refractivity contribution in [2.45, 2.75) is 13.0 Å². The number of rotatable bonds is 9. The number of ether oxygens (including phenoxy) is 2. The van der Waals surface area contributed by atoms with Crippen molar-refractivity contribution in [1.29, 1.82) is 0 Å². The molecule has 21 heavy (non-hydrogen) atoms. The standard InChI is InChI=1S/C15H25N3O3/c1-12(11-21-3)18(7-8-20-2)10-15(19)17-14-6-4-5-13(16)9-14/h4-6,9,12H,7-8,10-11,16H2,1-3H3,(H,17,19). The van der Waals surface area contributed by atoms with Gasteiger partial charge in [0.15, 0.2) is 0 Å². The highest BCUT2D eigenvalue weighted by atomic mass is 16.5. The lowest BCUT2D eigenvalue weighted by Crippen LogP contribution is -2.43. The number of benzene rings is 1. The molecule has 0 aliphatic rings. The molecule has 0 fully saturated rings. The summed E-state index contributed by atoms with van der Waals surface area (Å²) in [6, 6.07) is 7.27. The summed E-state index contributed by atoms with van der Waals surface area (Å²) in [7, 11) is 3.30. The highest BCUT2D eigenvalue weighted by molar-refractivity contribution is 5.92. The van der Waals surface area contributed by atoms with E-state index in [1.807, 2.05) is 17.9 Å². The van der Waals surface area contributed by atoms with Crippen molar-refractivity contribution < 1.29 is 14.3 Å². The molecule has 1 atom stereocenters. The van der Waals surface area contributed by atoms with E-state index < -0.39 is 0 Å². The number of anilines is 2. The van der Waals surface area contributed by atoms with Gasteiger partial charge in [-0.3, -0.25) is 9.69 Å². The van der Waals surface area contributed by atoms with Crippen LogP contribution in [0.25, 0.3) is 0 Å². The Morgan fingerprint density at radius 1 is 1.38 bits per heavy atom. The van der Waals surface area contributed by atoms with E-state index in [9.17, 15) is 4.79 Å². The number of nitrogens with zero attached hydrogens (tertiary/aromatic N) is 1. The molecular formula is C15H25N3O3. The van der Waals surface area contributed by atoms with Crippen LogP contribution >= 0.6 is 0 Å². The number of nitrogens with two attached hydrogens (primary N) is 1. The summed E-state index contributed by atoms with van der Waals surface area (Å²) < 4.78 is 10.2. The second-order valence-electron chi connectivity index (χ2n) is 4.94. The van der Waals surface area contributed by atoms with Gasteiger partial charge in [0.1, 0.15) is 0 Å². The molecule has 3 N–H and O–H groups in total. The lowest BCUT2D eigenvalue weighted by Gasteiger charge is -2.27. The number of carbonyl (C=O) groups excluding carboxylic acids is 1. The van der Waals surface area contributed by atoms with Crippen LogP contribution in [0.15, 0.2) is 24.3 Å². The van der Waals surface area contributed by atoms with Crippen molar-refractivity contribution in [2.24, 2.45) is 0 Å². The van der Waals surface area contributed by atoms with Gasteiger partial charge in [0.2, 0.25) is 5.91 Å². The molecule has 1 aromatic carbocycles. The Kier molecular flexibility index (Phi) is 7.74. The largest absolute Gasteiger partial charge is 0.399 e. The molecule has 6 nitrogen and oxygen atoms in total. The Labute approximate surface area is 126 Å². The van der Waals surface area contributed by atoms with Gasteiger partial charge in [-0.15, -0.1) is 0 Å². The van der Waals surface area contributed by atoms with Gasteiger partial charge in [-0.05, 0) is 25.1 Å². The first-order valence-electron chi connectivity index (χ1n) is 6.94. The number of nitrogens with one attached hydrogen (secondary N) is 1. The Bertz CT molecular complexity index is 440. The van der Waals surface area contributed by atoms with Gasteiger partial charge in [-0.25, -0.2) is 0 Å². The Hall–Kier alpha value is -1.63. The van der Waals surface area contributed by atoms with Crippen molar-refractivity contribution in [3.05, 3.63) is 24.3 Å². The minimum atomic E-state index is -0.0837. The summed E-state index contributed by atoms with van der Waals surface area (Å²) in [5.41, 5.74) is 7.02. The van der Waals surface area contributed by atoms with Crippen LogP contribution in [-0.2, 0) is 14.3 Å². The molecule has 6 heteroatoms. The first kappa shape index (κ1) is 17.4. The maximum absolute atomic E-state index is 12.1. The molecule has 1 amide bonds. The zero-order valence-electron chi connectivity index (χ0n) is 13.0. The van der Waals surface area contributed by atoms with Crippen LogP contribution in [-0.4, -0.2) is 57.4 Å². The SMILES string of the molecule is COCCN(CC(=O)Nc1cccc(N)c1)C(C)COC. The van der Waals surface area contributed by atoms with Crippen LogP contribution in [0.2, 0.25) is 0 Å². The minimum absolute atomic E-state index is 0.0837. The molecule has 0 heterocycles. The van der Waals surface area contributed by atoms with Crippen LogP contribution < -0.4 is 11.1 Å². The molecule has 118 valence electrons. The van der Waals surface area contributed by atoms with E-state index in [1.54, 1.807) is 32.4 Å². The first-order chi connectivity index (χ1) is 10.1. The average molecular weight is 295 g/mol. The number of nitrogen functional groups attached to an aromatic ring is 1. The van der Waals surface area contributed by atoms with E-state index >= 15 is 0 Å². The summed E-state index contributed by atoms with van der Waals surface area (Å²) in [6.45, 7) is 4.11. The van der Waals surface area contributed by atoms with E-state index in [4.69, 9.17) is 15.2 Å². The zero-order valence-corrected chi connectivity index (χ0v) is 13.0. The molecular weight excluding hydrogens is 270 g/mol.